The maximum absolute atomic E-state index is 12.4. The van der Waals surface area contributed by atoms with E-state index in [1.807, 2.05) is 19.1 Å². The van der Waals surface area contributed by atoms with Crippen molar-refractivity contribution in [3.8, 4) is 0 Å². The quantitative estimate of drug-likeness (QED) is 0.344. The Labute approximate surface area is 116 Å². The molecule has 102 valence electrons. The maximum atomic E-state index is 12.4. The van der Waals surface area contributed by atoms with Gasteiger partial charge in [-0.25, -0.2) is 0 Å². The van der Waals surface area contributed by atoms with E-state index in [9.17, 15) is 4.79 Å². The number of rotatable bonds is 3. The second-order valence-corrected chi connectivity index (χ2v) is 5.21. The summed E-state index contributed by atoms with van der Waals surface area (Å²) in [4.78, 5) is 12.4. The first kappa shape index (κ1) is 13.7. The summed E-state index contributed by atoms with van der Waals surface area (Å²) >= 11 is 6.07. The molecule has 0 saturated heterocycles. The molecule has 0 aromatic heterocycles. The molecule has 0 heterocycles. The van der Waals surface area contributed by atoms with E-state index in [-0.39, 0.29) is 11.7 Å². The molecule has 0 bridgehead atoms. The number of hydrogen-bond donors (Lipinski definition) is 3. The van der Waals surface area contributed by atoms with Gasteiger partial charge in [-0.3, -0.25) is 4.79 Å². The molecule has 0 unspecified atom stereocenters. The SMILES string of the molecule is Cc1cccc(Cl)c1NC(=O)C1(/C(N)=N/O)CCC1. The summed E-state index contributed by atoms with van der Waals surface area (Å²) in [5.74, 6) is -0.314. The number of amides is 1. The van der Waals surface area contributed by atoms with Crippen LogP contribution in [0.3, 0.4) is 0 Å². The van der Waals surface area contributed by atoms with E-state index in [2.05, 4.69) is 10.5 Å². The molecule has 1 aromatic carbocycles. The number of nitrogens with zero attached hydrogens (tertiary/aromatic N) is 1. The van der Waals surface area contributed by atoms with Crippen molar-refractivity contribution in [3.63, 3.8) is 0 Å². The molecule has 2 rings (SSSR count). The van der Waals surface area contributed by atoms with Gasteiger partial charge in [0.05, 0.1) is 10.7 Å². The molecule has 1 aromatic rings. The summed E-state index contributed by atoms with van der Waals surface area (Å²) in [5, 5.41) is 15.1. The monoisotopic (exact) mass is 281 g/mol. The molecular weight excluding hydrogens is 266 g/mol. The molecule has 1 aliphatic rings. The van der Waals surface area contributed by atoms with E-state index in [1.54, 1.807) is 6.07 Å². The van der Waals surface area contributed by atoms with Crippen LogP contribution in [0.15, 0.2) is 23.4 Å². The standard InChI is InChI=1S/C13H16ClN3O2/c1-8-4-2-5-9(14)10(8)16-12(18)13(6-3-7-13)11(15)17-19/h2,4-5,19H,3,6-7H2,1H3,(H2,15,17)(H,16,18). The van der Waals surface area contributed by atoms with Gasteiger partial charge in [0.15, 0.2) is 5.84 Å². The zero-order valence-electron chi connectivity index (χ0n) is 10.6. The van der Waals surface area contributed by atoms with Gasteiger partial charge in [0.25, 0.3) is 0 Å². The molecule has 1 fully saturated rings. The number of aryl methyl sites for hydroxylation is 1. The van der Waals surface area contributed by atoms with Crippen molar-refractivity contribution in [1.82, 2.24) is 0 Å². The summed E-state index contributed by atoms with van der Waals surface area (Å²) in [6.45, 7) is 1.86. The highest BCUT2D eigenvalue weighted by molar-refractivity contribution is 6.34. The van der Waals surface area contributed by atoms with E-state index in [0.717, 1.165) is 12.0 Å². The number of oxime groups is 1. The summed E-state index contributed by atoms with van der Waals surface area (Å²) in [6, 6.07) is 5.38. The summed E-state index contributed by atoms with van der Waals surface area (Å²) < 4.78 is 0. The minimum atomic E-state index is -0.902. The van der Waals surface area contributed by atoms with Gasteiger partial charge in [-0.05, 0) is 31.4 Å². The molecular formula is C13H16ClN3O2. The van der Waals surface area contributed by atoms with Crippen LogP contribution in [-0.2, 0) is 4.79 Å². The number of hydrogen-bond acceptors (Lipinski definition) is 3. The third-order valence-corrected chi connectivity index (χ3v) is 4.02. The zero-order chi connectivity index (χ0) is 14.0. The predicted octanol–water partition coefficient (Wildman–Crippen LogP) is 2.50. The number of nitrogens with two attached hydrogens (primary N) is 1. The Hall–Kier alpha value is -1.75. The summed E-state index contributed by atoms with van der Waals surface area (Å²) in [7, 11) is 0. The van der Waals surface area contributed by atoms with Crippen LogP contribution in [0.25, 0.3) is 0 Å². The van der Waals surface area contributed by atoms with Gasteiger partial charge in [0.2, 0.25) is 5.91 Å². The van der Waals surface area contributed by atoms with E-state index in [1.165, 1.54) is 0 Å². The molecule has 0 spiro atoms. The number of para-hydroxylation sites is 1. The van der Waals surface area contributed by atoms with Crippen molar-refractivity contribution in [2.24, 2.45) is 16.3 Å². The van der Waals surface area contributed by atoms with E-state index in [4.69, 9.17) is 22.5 Å². The molecule has 6 heteroatoms. The molecule has 4 N–H and O–H groups in total. The first-order valence-corrected chi connectivity index (χ1v) is 6.43. The van der Waals surface area contributed by atoms with Crippen molar-refractivity contribution in [1.29, 1.82) is 0 Å². The molecule has 5 nitrogen and oxygen atoms in total. The van der Waals surface area contributed by atoms with Crippen LogP contribution < -0.4 is 11.1 Å². The van der Waals surface area contributed by atoms with Crippen LogP contribution in [0.1, 0.15) is 24.8 Å². The molecule has 0 aliphatic heterocycles. The number of benzene rings is 1. The maximum Gasteiger partial charge on any atom is 0.238 e. The highest BCUT2D eigenvalue weighted by Gasteiger charge is 2.48. The van der Waals surface area contributed by atoms with Gasteiger partial charge in [-0.2, -0.15) is 0 Å². The number of amidine groups is 1. The topological polar surface area (TPSA) is 87.7 Å². The van der Waals surface area contributed by atoms with Crippen molar-refractivity contribution >= 4 is 29.0 Å². The third-order valence-electron chi connectivity index (χ3n) is 3.70. The van der Waals surface area contributed by atoms with Crippen molar-refractivity contribution in [2.45, 2.75) is 26.2 Å². The van der Waals surface area contributed by atoms with Crippen LogP contribution in [-0.4, -0.2) is 17.0 Å². The second-order valence-electron chi connectivity index (χ2n) is 4.81. The molecule has 0 radical (unpaired) electrons. The Bertz CT molecular complexity index is 518. The largest absolute Gasteiger partial charge is 0.409 e. The molecule has 1 amide bonds. The number of carbonyl (C=O) groups is 1. The normalized spacial score (nSPS) is 17.7. The lowest BCUT2D eigenvalue weighted by molar-refractivity contribution is -0.125. The van der Waals surface area contributed by atoms with Crippen molar-refractivity contribution in [2.75, 3.05) is 5.32 Å². The first-order valence-electron chi connectivity index (χ1n) is 6.06. The van der Waals surface area contributed by atoms with Crippen LogP contribution in [0.4, 0.5) is 5.69 Å². The number of nitrogens with one attached hydrogen (secondary N) is 1. The Balaban J connectivity index is 2.26. The van der Waals surface area contributed by atoms with Gasteiger partial charge in [0, 0.05) is 0 Å². The smallest absolute Gasteiger partial charge is 0.238 e. The van der Waals surface area contributed by atoms with Crippen molar-refractivity contribution in [3.05, 3.63) is 28.8 Å². The van der Waals surface area contributed by atoms with Crippen LogP contribution in [0.2, 0.25) is 5.02 Å². The van der Waals surface area contributed by atoms with Gasteiger partial charge in [0.1, 0.15) is 5.41 Å². The molecule has 1 aliphatic carbocycles. The zero-order valence-corrected chi connectivity index (χ0v) is 11.4. The molecule has 1 saturated carbocycles. The van der Waals surface area contributed by atoms with Crippen molar-refractivity contribution < 1.29 is 10.0 Å². The van der Waals surface area contributed by atoms with Crippen LogP contribution in [0.5, 0.6) is 0 Å². The van der Waals surface area contributed by atoms with Gasteiger partial charge in [-0.15, -0.1) is 0 Å². The second kappa shape index (κ2) is 5.09. The lowest BCUT2D eigenvalue weighted by Gasteiger charge is -2.38. The minimum Gasteiger partial charge on any atom is -0.409 e. The number of carbonyl (C=O) groups excluding carboxylic acids is 1. The summed E-state index contributed by atoms with van der Waals surface area (Å²) in [5.41, 5.74) is 6.19. The molecule has 19 heavy (non-hydrogen) atoms. The Morgan fingerprint density at radius 2 is 2.21 bits per heavy atom. The highest BCUT2D eigenvalue weighted by Crippen LogP contribution is 2.42. The van der Waals surface area contributed by atoms with E-state index < -0.39 is 5.41 Å². The number of halogens is 1. The average Bonchev–Trinajstić information content (AvgIpc) is 2.32. The number of anilines is 1. The molecule has 0 atom stereocenters. The van der Waals surface area contributed by atoms with E-state index >= 15 is 0 Å². The van der Waals surface area contributed by atoms with Crippen LogP contribution >= 0.6 is 11.6 Å². The Kier molecular flexibility index (Phi) is 3.66. The third kappa shape index (κ3) is 2.26. The fourth-order valence-electron chi connectivity index (χ4n) is 2.25. The Morgan fingerprint density at radius 3 is 2.68 bits per heavy atom. The van der Waals surface area contributed by atoms with Gasteiger partial charge in [-0.1, -0.05) is 35.3 Å². The predicted molar refractivity (Wildman–Crippen MR) is 74.5 cm³/mol. The minimum absolute atomic E-state index is 0.0408. The van der Waals surface area contributed by atoms with Gasteiger partial charge >= 0.3 is 0 Å². The lowest BCUT2D eigenvalue weighted by atomic mass is 9.67. The van der Waals surface area contributed by atoms with Crippen LogP contribution in [0, 0.1) is 12.3 Å². The van der Waals surface area contributed by atoms with E-state index in [0.29, 0.717) is 23.6 Å². The fourth-order valence-corrected chi connectivity index (χ4v) is 2.52. The highest BCUT2D eigenvalue weighted by atomic mass is 35.5. The fraction of sp³-hybridized carbons (Fsp3) is 0.385. The van der Waals surface area contributed by atoms with Gasteiger partial charge < -0.3 is 16.3 Å². The lowest BCUT2D eigenvalue weighted by Crippen LogP contribution is -2.51. The first-order chi connectivity index (χ1) is 9.01. The average molecular weight is 282 g/mol. The summed E-state index contributed by atoms with van der Waals surface area (Å²) in [6.07, 6.45) is 2.04. The Morgan fingerprint density at radius 1 is 1.53 bits per heavy atom.